The summed E-state index contributed by atoms with van der Waals surface area (Å²) >= 11 is 0. The number of benzene rings is 1. The molecule has 18 heavy (non-hydrogen) atoms. The number of carbonyl (C=O) groups is 2. The highest BCUT2D eigenvalue weighted by Crippen LogP contribution is 2.41. The largest absolute Gasteiger partial charge is 0.481 e. The number of fused-ring (bicyclic) bond motifs is 1. The van der Waals surface area contributed by atoms with Crippen molar-refractivity contribution >= 4 is 17.6 Å². The second-order valence-electron chi connectivity index (χ2n) is 4.55. The van der Waals surface area contributed by atoms with Gasteiger partial charge in [0.05, 0.1) is 5.69 Å². The van der Waals surface area contributed by atoms with Gasteiger partial charge in [-0.3, -0.25) is 9.59 Å². The van der Waals surface area contributed by atoms with Crippen LogP contribution in [0.3, 0.4) is 0 Å². The highest BCUT2D eigenvalue weighted by atomic mass is 19.1. The number of hydrogen-bond donors (Lipinski definition) is 1. The third-order valence-electron chi connectivity index (χ3n) is 3.31. The number of anilines is 1. The number of hydrogen-bond acceptors (Lipinski definition) is 2. The number of carboxylic acids is 1. The number of nitrogens with zero attached hydrogens (tertiary/aromatic N) is 1. The van der Waals surface area contributed by atoms with Gasteiger partial charge in [-0.1, -0.05) is 0 Å². The highest BCUT2D eigenvalue weighted by molar-refractivity contribution is 6.03. The first kappa shape index (κ1) is 12.5. The van der Waals surface area contributed by atoms with Crippen LogP contribution >= 0.6 is 0 Å². The lowest BCUT2D eigenvalue weighted by Gasteiger charge is -2.36. The maximum Gasteiger partial charge on any atom is 0.314 e. The fraction of sp³-hybridized carbons (Fsp3) is 0.333. The van der Waals surface area contributed by atoms with Crippen LogP contribution in [-0.2, 0) is 15.0 Å². The molecule has 0 saturated carbocycles. The summed E-state index contributed by atoms with van der Waals surface area (Å²) in [7, 11) is 1.34. The van der Waals surface area contributed by atoms with E-state index in [9.17, 15) is 23.5 Å². The molecule has 4 nitrogen and oxygen atoms in total. The number of aliphatic carboxylic acids is 1. The van der Waals surface area contributed by atoms with E-state index in [1.807, 2.05) is 0 Å². The molecular formula is C12H11F2NO3. The van der Waals surface area contributed by atoms with Crippen LogP contribution in [-0.4, -0.2) is 24.0 Å². The molecule has 0 fully saturated rings. The van der Waals surface area contributed by atoms with E-state index in [2.05, 4.69) is 0 Å². The van der Waals surface area contributed by atoms with Gasteiger partial charge in [0, 0.05) is 19.5 Å². The van der Waals surface area contributed by atoms with Gasteiger partial charge in [0.2, 0.25) is 5.91 Å². The molecule has 0 bridgehead atoms. The van der Waals surface area contributed by atoms with Crippen molar-refractivity contribution in [2.24, 2.45) is 0 Å². The molecule has 0 aliphatic carbocycles. The SMILES string of the molecule is CN1C(=O)CC(C)(C(=O)O)c2cc(F)cc(F)c21. The van der Waals surface area contributed by atoms with E-state index in [0.29, 0.717) is 6.07 Å². The van der Waals surface area contributed by atoms with Crippen LogP contribution in [0.2, 0.25) is 0 Å². The minimum Gasteiger partial charge on any atom is -0.481 e. The molecule has 1 amide bonds. The third-order valence-corrected chi connectivity index (χ3v) is 3.31. The third kappa shape index (κ3) is 1.56. The van der Waals surface area contributed by atoms with Crippen molar-refractivity contribution in [3.05, 3.63) is 29.3 Å². The van der Waals surface area contributed by atoms with Crippen molar-refractivity contribution in [1.82, 2.24) is 0 Å². The van der Waals surface area contributed by atoms with Crippen LogP contribution in [0.5, 0.6) is 0 Å². The molecule has 1 aromatic rings. The Labute approximate surface area is 102 Å². The van der Waals surface area contributed by atoms with Gasteiger partial charge in [-0.25, -0.2) is 8.78 Å². The normalized spacial score (nSPS) is 22.9. The molecule has 1 aliphatic rings. The Morgan fingerprint density at radius 3 is 2.61 bits per heavy atom. The van der Waals surface area contributed by atoms with Crippen molar-refractivity contribution in [3.63, 3.8) is 0 Å². The molecule has 2 rings (SSSR count). The molecule has 0 aromatic heterocycles. The van der Waals surface area contributed by atoms with E-state index in [1.54, 1.807) is 0 Å². The summed E-state index contributed by atoms with van der Waals surface area (Å²) in [6.07, 6.45) is -0.325. The van der Waals surface area contributed by atoms with E-state index in [1.165, 1.54) is 14.0 Å². The Morgan fingerprint density at radius 1 is 1.44 bits per heavy atom. The fourth-order valence-corrected chi connectivity index (χ4v) is 2.16. The van der Waals surface area contributed by atoms with E-state index in [-0.39, 0.29) is 17.7 Å². The molecular weight excluding hydrogens is 244 g/mol. The van der Waals surface area contributed by atoms with E-state index in [0.717, 1.165) is 11.0 Å². The van der Waals surface area contributed by atoms with Gasteiger partial charge >= 0.3 is 5.97 Å². The fourth-order valence-electron chi connectivity index (χ4n) is 2.16. The first-order valence-electron chi connectivity index (χ1n) is 5.27. The molecule has 0 radical (unpaired) electrons. The van der Waals surface area contributed by atoms with Crippen LogP contribution < -0.4 is 4.90 Å². The summed E-state index contributed by atoms with van der Waals surface area (Å²) in [6, 6.07) is 1.60. The number of amides is 1. The molecule has 1 N–H and O–H groups in total. The van der Waals surface area contributed by atoms with E-state index < -0.39 is 28.9 Å². The molecule has 1 heterocycles. The molecule has 1 atom stereocenters. The summed E-state index contributed by atoms with van der Waals surface area (Å²) in [4.78, 5) is 24.0. The minimum absolute atomic E-state index is 0.0189. The van der Waals surface area contributed by atoms with Crippen molar-refractivity contribution in [1.29, 1.82) is 0 Å². The quantitative estimate of drug-likeness (QED) is 0.830. The lowest BCUT2D eigenvalue weighted by atomic mass is 9.75. The summed E-state index contributed by atoms with van der Waals surface area (Å²) in [5.41, 5.74) is -1.80. The molecule has 96 valence electrons. The monoisotopic (exact) mass is 255 g/mol. The second-order valence-corrected chi connectivity index (χ2v) is 4.55. The molecule has 6 heteroatoms. The predicted octanol–water partition coefficient (Wildman–Crippen LogP) is 1.67. The van der Waals surface area contributed by atoms with Crippen molar-refractivity contribution in [3.8, 4) is 0 Å². The predicted molar refractivity (Wildman–Crippen MR) is 59.4 cm³/mol. The summed E-state index contributed by atoms with van der Waals surface area (Å²) in [6.45, 7) is 1.29. The average Bonchev–Trinajstić information content (AvgIpc) is 2.25. The van der Waals surface area contributed by atoms with Crippen molar-refractivity contribution < 1.29 is 23.5 Å². The zero-order chi connectivity index (χ0) is 13.7. The number of rotatable bonds is 1. The minimum atomic E-state index is -1.61. The summed E-state index contributed by atoms with van der Waals surface area (Å²) in [5.74, 6) is -3.59. The van der Waals surface area contributed by atoms with Gasteiger partial charge in [0.1, 0.15) is 17.0 Å². The molecule has 0 saturated heterocycles. The molecule has 1 unspecified atom stereocenters. The van der Waals surface area contributed by atoms with Crippen LogP contribution in [0.15, 0.2) is 12.1 Å². The van der Waals surface area contributed by atoms with Gasteiger partial charge in [-0.15, -0.1) is 0 Å². The smallest absolute Gasteiger partial charge is 0.314 e. The van der Waals surface area contributed by atoms with Crippen LogP contribution in [0, 0.1) is 11.6 Å². The van der Waals surface area contributed by atoms with Crippen LogP contribution in [0.25, 0.3) is 0 Å². The van der Waals surface area contributed by atoms with Gasteiger partial charge in [0.15, 0.2) is 0 Å². The van der Waals surface area contributed by atoms with Crippen molar-refractivity contribution in [2.75, 3.05) is 11.9 Å². The van der Waals surface area contributed by atoms with Gasteiger partial charge in [0.25, 0.3) is 0 Å². The van der Waals surface area contributed by atoms with Crippen molar-refractivity contribution in [2.45, 2.75) is 18.8 Å². The zero-order valence-corrected chi connectivity index (χ0v) is 9.83. The Hall–Kier alpha value is -1.98. The molecule has 1 aliphatic heterocycles. The Morgan fingerprint density at radius 2 is 2.06 bits per heavy atom. The first-order chi connectivity index (χ1) is 8.27. The first-order valence-corrected chi connectivity index (χ1v) is 5.27. The maximum absolute atomic E-state index is 13.7. The highest BCUT2D eigenvalue weighted by Gasteiger charge is 2.46. The molecule has 1 aromatic carbocycles. The number of halogens is 2. The van der Waals surface area contributed by atoms with Crippen LogP contribution in [0.1, 0.15) is 18.9 Å². The standard InChI is InChI=1S/C12H11F2NO3/c1-12(11(17)18)5-9(16)15(2)10-7(12)3-6(13)4-8(10)14/h3-4H,5H2,1-2H3,(H,17,18). The van der Waals surface area contributed by atoms with E-state index >= 15 is 0 Å². The Kier molecular flexibility index (Phi) is 2.61. The van der Waals surface area contributed by atoms with Crippen LogP contribution in [0.4, 0.5) is 14.5 Å². The lowest BCUT2D eigenvalue weighted by molar-refractivity contribution is -0.145. The topological polar surface area (TPSA) is 57.6 Å². The van der Waals surface area contributed by atoms with E-state index in [4.69, 9.17) is 0 Å². The zero-order valence-electron chi connectivity index (χ0n) is 9.83. The summed E-state index contributed by atoms with van der Waals surface area (Å²) < 4.78 is 27.0. The lowest BCUT2D eigenvalue weighted by Crippen LogP contribution is -2.46. The van der Waals surface area contributed by atoms with Gasteiger partial charge in [-0.05, 0) is 18.6 Å². The molecule has 0 spiro atoms. The van der Waals surface area contributed by atoms with Gasteiger partial charge < -0.3 is 10.0 Å². The summed E-state index contributed by atoms with van der Waals surface area (Å²) in [5, 5.41) is 9.21. The second kappa shape index (κ2) is 3.76. The Balaban J connectivity index is 2.79. The van der Waals surface area contributed by atoms with Gasteiger partial charge in [-0.2, -0.15) is 0 Å². The average molecular weight is 255 g/mol. The Bertz CT molecular complexity index is 558. The number of carbonyl (C=O) groups excluding carboxylic acids is 1. The number of carboxylic acid groups (broad SMARTS) is 1. The maximum atomic E-state index is 13.7.